The van der Waals surface area contributed by atoms with Crippen molar-refractivity contribution >= 4 is 29.1 Å². The number of allylic oxidation sites excluding steroid dienone is 1. The van der Waals surface area contributed by atoms with Gasteiger partial charge in [-0.3, -0.25) is 10.1 Å². The highest BCUT2D eigenvalue weighted by Gasteiger charge is 2.24. The van der Waals surface area contributed by atoms with Gasteiger partial charge in [-0.1, -0.05) is 49.4 Å². The van der Waals surface area contributed by atoms with E-state index in [4.69, 9.17) is 10.5 Å². The third-order valence-electron chi connectivity index (χ3n) is 5.35. The van der Waals surface area contributed by atoms with Crippen molar-refractivity contribution in [3.8, 4) is 5.75 Å². The summed E-state index contributed by atoms with van der Waals surface area (Å²) >= 11 is 0. The molecule has 0 aliphatic rings. The van der Waals surface area contributed by atoms with Crippen molar-refractivity contribution in [3.63, 3.8) is 0 Å². The Hall–Kier alpha value is -4.33. The fourth-order valence-corrected chi connectivity index (χ4v) is 3.48. The highest BCUT2D eigenvalue weighted by molar-refractivity contribution is 6.01. The number of nitrogens with two attached hydrogens (primary N) is 1. The second kappa shape index (κ2) is 12.2. The van der Waals surface area contributed by atoms with Gasteiger partial charge in [0.25, 0.3) is 0 Å². The first-order valence-corrected chi connectivity index (χ1v) is 11.2. The standard InChI is InChI=1S/C27H28FN3O4/c1-18(9-5-8-14-25(33)31-23-13-7-6-12-22(23)29)26(19-15-16-24(32)21(28)17-19)35-27(34)30-20-10-3-2-4-11-20/h2-4,6-8,10-18,26,32H,5,9,29H2,1H3,(H,30,34)(H,31,33)/b14-8+/t18-,26+/m0/s1. The number of anilines is 3. The van der Waals surface area contributed by atoms with Gasteiger partial charge >= 0.3 is 6.09 Å². The summed E-state index contributed by atoms with van der Waals surface area (Å²) < 4.78 is 19.7. The first-order chi connectivity index (χ1) is 16.8. The maximum Gasteiger partial charge on any atom is 0.412 e. The molecule has 7 nitrogen and oxygen atoms in total. The number of carbonyl (C=O) groups excluding carboxylic acids is 2. The molecule has 3 rings (SSSR count). The van der Waals surface area contributed by atoms with Crippen molar-refractivity contribution in [3.05, 3.63) is 96.3 Å². The van der Waals surface area contributed by atoms with E-state index in [1.54, 1.807) is 54.6 Å². The Kier molecular flexibility index (Phi) is 8.83. The number of benzene rings is 3. The lowest BCUT2D eigenvalue weighted by molar-refractivity contribution is -0.111. The number of hydrogen-bond acceptors (Lipinski definition) is 5. The number of nitrogens with one attached hydrogen (secondary N) is 2. The molecule has 0 aliphatic carbocycles. The van der Waals surface area contributed by atoms with Gasteiger partial charge in [-0.15, -0.1) is 0 Å². The van der Waals surface area contributed by atoms with E-state index < -0.39 is 23.8 Å². The molecular formula is C27H28FN3O4. The molecule has 8 heteroatoms. The van der Waals surface area contributed by atoms with Crippen molar-refractivity contribution in [2.24, 2.45) is 5.92 Å². The van der Waals surface area contributed by atoms with Gasteiger partial charge in [0.15, 0.2) is 11.6 Å². The van der Waals surface area contributed by atoms with Gasteiger partial charge in [0.1, 0.15) is 6.10 Å². The zero-order valence-electron chi connectivity index (χ0n) is 19.3. The third-order valence-corrected chi connectivity index (χ3v) is 5.35. The van der Waals surface area contributed by atoms with Crippen LogP contribution in [-0.2, 0) is 9.53 Å². The monoisotopic (exact) mass is 477 g/mol. The molecule has 0 saturated carbocycles. The van der Waals surface area contributed by atoms with E-state index in [0.29, 0.717) is 35.5 Å². The molecular weight excluding hydrogens is 449 g/mol. The molecule has 0 aliphatic heterocycles. The average molecular weight is 478 g/mol. The Balaban J connectivity index is 1.63. The van der Waals surface area contributed by atoms with Crippen molar-refractivity contribution in [2.45, 2.75) is 25.9 Å². The zero-order chi connectivity index (χ0) is 25.2. The van der Waals surface area contributed by atoms with E-state index in [1.807, 2.05) is 13.0 Å². The smallest absolute Gasteiger partial charge is 0.412 e. The van der Waals surface area contributed by atoms with Crippen LogP contribution in [0.3, 0.4) is 0 Å². The second-order valence-corrected chi connectivity index (χ2v) is 8.06. The van der Waals surface area contributed by atoms with Gasteiger partial charge in [0.05, 0.1) is 11.4 Å². The molecule has 0 spiro atoms. The summed E-state index contributed by atoms with van der Waals surface area (Å²) in [6.07, 6.45) is 2.72. The zero-order valence-corrected chi connectivity index (χ0v) is 19.3. The molecule has 35 heavy (non-hydrogen) atoms. The number of aromatic hydroxyl groups is 1. The number of rotatable bonds is 9. The first kappa shape index (κ1) is 25.3. The van der Waals surface area contributed by atoms with E-state index in [2.05, 4.69) is 10.6 Å². The van der Waals surface area contributed by atoms with Crippen LogP contribution >= 0.6 is 0 Å². The molecule has 0 bridgehead atoms. The molecule has 0 saturated heterocycles. The van der Waals surface area contributed by atoms with Gasteiger partial charge in [0, 0.05) is 5.69 Å². The summed E-state index contributed by atoms with van der Waals surface area (Å²) in [6.45, 7) is 1.86. The summed E-state index contributed by atoms with van der Waals surface area (Å²) in [5, 5.41) is 14.9. The second-order valence-electron chi connectivity index (χ2n) is 8.06. The molecule has 0 unspecified atom stereocenters. The number of nitrogen functional groups attached to an aromatic ring is 1. The third kappa shape index (κ3) is 7.60. The Morgan fingerprint density at radius 2 is 1.77 bits per heavy atom. The van der Waals surface area contributed by atoms with E-state index in [1.165, 1.54) is 18.2 Å². The van der Waals surface area contributed by atoms with Crippen LogP contribution in [-0.4, -0.2) is 17.1 Å². The number of carbonyl (C=O) groups is 2. The lowest BCUT2D eigenvalue weighted by Crippen LogP contribution is -2.22. The van der Waals surface area contributed by atoms with E-state index in [0.717, 1.165) is 6.07 Å². The van der Waals surface area contributed by atoms with Gasteiger partial charge < -0.3 is 20.9 Å². The van der Waals surface area contributed by atoms with Crippen molar-refractivity contribution in [1.82, 2.24) is 0 Å². The van der Waals surface area contributed by atoms with Crippen LogP contribution in [0.4, 0.5) is 26.2 Å². The quantitative estimate of drug-likeness (QED) is 0.222. The molecule has 0 heterocycles. The highest BCUT2D eigenvalue weighted by atomic mass is 19.1. The SMILES string of the molecule is C[C@@H](CC/C=C/C(=O)Nc1ccccc1N)[C@@H](OC(=O)Nc1ccccc1)c1ccc(O)c(F)c1. The molecule has 3 aromatic carbocycles. The minimum atomic E-state index is -0.802. The number of phenolic OH excluding ortho intramolecular Hbond substituents is 1. The fraction of sp³-hybridized carbons (Fsp3) is 0.185. The topological polar surface area (TPSA) is 114 Å². The molecule has 2 atom stereocenters. The Morgan fingerprint density at radius 3 is 2.49 bits per heavy atom. The summed E-state index contributed by atoms with van der Waals surface area (Å²) in [4.78, 5) is 24.7. The minimum absolute atomic E-state index is 0.224. The number of amides is 2. The summed E-state index contributed by atoms with van der Waals surface area (Å²) in [5.41, 5.74) is 7.81. The largest absolute Gasteiger partial charge is 0.505 e. The van der Waals surface area contributed by atoms with Gasteiger partial charge in [-0.2, -0.15) is 0 Å². The number of hydrogen-bond donors (Lipinski definition) is 4. The summed E-state index contributed by atoms with van der Waals surface area (Å²) in [5.74, 6) is -1.82. The predicted octanol–water partition coefficient (Wildman–Crippen LogP) is 6.01. The van der Waals surface area contributed by atoms with Gasteiger partial charge in [-0.05, 0) is 66.8 Å². The van der Waals surface area contributed by atoms with Crippen molar-refractivity contribution < 1.29 is 23.8 Å². The van der Waals surface area contributed by atoms with Crippen LogP contribution < -0.4 is 16.4 Å². The van der Waals surface area contributed by atoms with Gasteiger partial charge in [0.2, 0.25) is 5.91 Å². The molecule has 5 N–H and O–H groups in total. The Morgan fingerprint density at radius 1 is 1.06 bits per heavy atom. The van der Waals surface area contributed by atoms with Crippen LogP contribution in [0.5, 0.6) is 5.75 Å². The maximum absolute atomic E-state index is 14.0. The molecule has 2 amide bonds. The number of phenols is 1. The summed E-state index contributed by atoms with van der Waals surface area (Å²) in [6, 6.07) is 19.7. The van der Waals surface area contributed by atoms with Crippen LogP contribution in [0.25, 0.3) is 0 Å². The fourth-order valence-electron chi connectivity index (χ4n) is 3.48. The Labute approximate surface area is 203 Å². The molecule has 0 aromatic heterocycles. The molecule has 182 valence electrons. The van der Waals surface area contributed by atoms with Crippen LogP contribution in [0.1, 0.15) is 31.4 Å². The number of para-hydroxylation sites is 3. The lowest BCUT2D eigenvalue weighted by atomic mass is 9.93. The van der Waals surface area contributed by atoms with Crippen molar-refractivity contribution in [1.29, 1.82) is 0 Å². The van der Waals surface area contributed by atoms with Crippen LogP contribution in [0, 0.1) is 11.7 Å². The first-order valence-electron chi connectivity index (χ1n) is 11.2. The predicted molar refractivity (Wildman–Crippen MR) is 134 cm³/mol. The number of halogens is 1. The summed E-state index contributed by atoms with van der Waals surface area (Å²) in [7, 11) is 0. The van der Waals surface area contributed by atoms with Crippen LogP contribution in [0.15, 0.2) is 84.9 Å². The highest BCUT2D eigenvalue weighted by Crippen LogP contribution is 2.32. The molecule has 0 radical (unpaired) electrons. The average Bonchev–Trinajstić information content (AvgIpc) is 2.84. The van der Waals surface area contributed by atoms with Gasteiger partial charge in [-0.25, -0.2) is 9.18 Å². The lowest BCUT2D eigenvalue weighted by Gasteiger charge is -2.24. The van der Waals surface area contributed by atoms with Crippen molar-refractivity contribution in [2.75, 3.05) is 16.4 Å². The molecule has 0 fully saturated rings. The normalized spacial score (nSPS) is 12.6. The van der Waals surface area contributed by atoms with E-state index >= 15 is 0 Å². The maximum atomic E-state index is 14.0. The number of ether oxygens (including phenoxy) is 1. The molecule has 3 aromatic rings. The van der Waals surface area contributed by atoms with E-state index in [9.17, 15) is 19.1 Å². The Bertz CT molecular complexity index is 1180. The van der Waals surface area contributed by atoms with Crippen LogP contribution in [0.2, 0.25) is 0 Å². The van der Waals surface area contributed by atoms with E-state index in [-0.39, 0.29) is 11.8 Å². The minimum Gasteiger partial charge on any atom is -0.505 e.